The number of aromatic nitrogens is 1. The minimum Gasteiger partial charge on any atom is -0.455 e. The van der Waals surface area contributed by atoms with Crippen molar-refractivity contribution in [1.29, 1.82) is 0 Å². The van der Waals surface area contributed by atoms with Crippen molar-refractivity contribution in [2.75, 3.05) is 4.90 Å². The van der Waals surface area contributed by atoms with E-state index in [2.05, 4.69) is 222 Å². The van der Waals surface area contributed by atoms with Crippen molar-refractivity contribution in [2.45, 2.75) is 0 Å². The molecule has 4 heteroatoms. The fourth-order valence-corrected chi connectivity index (χ4v) is 11.1. The zero-order chi connectivity index (χ0) is 40.7. The molecule has 0 aliphatic rings. The lowest BCUT2D eigenvalue weighted by atomic mass is 9.95. The number of thiophene rings is 1. The van der Waals surface area contributed by atoms with Gasteiger partial charge in [-0.2, -0.15) is 0 Å². The molecule has 0 saturated carbocycles. The van der Waals surface area contributed by atoms with Crippen molar-refractivity contribution in [1.82, 2.24) is 4.57 Å². The summed E-state index contributed by atoms with van der Waals surface area (Å²) in [7, 11) is 0. The Morgan fingerprint density at radius 3 is 1.87 bits per heavy atom. The van der Waals surface area contributed by atoms with Gasteiger partial charge in [-0.05, 0) is 65.4 Å². The first kappa shape index (κ1) is 34.9. The molecule has 0 N–H and O–H groups in total. The van der Waals surface area contributed by atoms with Crippen LogP contribution in [0.4, 0.5) is 17.1 Å². The second-order valence-corrected chi connectivity index (χ2v) is 17.0. The van der Waals surface area contributed by atoms with Crippen LogP contribution in [0, 0.1) is 0 Å². The largest absolute Gasteiger partial charge is 0.455 e. The lowest BCUT2D eigenvalue weighted by molar-refractivity contribution is 0.670. The highest BCUT2D eigenvalue weighted by Gasteiger charge is 2.27. The van der Waals surface area contributed by atoms with Gasteiger partial charge in [0.15, 0.2) is 0 Å². The first-order chi connectivity index (χ1) is 30.8. The first-order valence-electron chi connectivity index (χ1n) is 21.1. The van der Waals surface area contributed by atoms with Gasteiger partial charge in [-0.1, -0.05) is 164 Å². The van der Waals surface area contributed by atoms with Crippen molar-refractivity contribution >= 4 is 103 Å². The quantitative estimate of drug-likeness (QED) is 0.167. The van der Waals surface area contributed by atoms with E-state index in [1.165, 1.54) is 58.3 Å². The second kappa shape index (κ2) is 13.8. The van der Waals surface area contributed by atoms with E-state index in [1.54, 1.807) is 0 Å². The molecule has 62 heavy (non-hydrogen) atoms. The van der Waals surface area contributed by atoms with E-state index in [4.69, 9.17) is 4.42 Å². The lowest BCUT2D eigenvalue weighted by Crippen LogP contribution is -2.13. The van der Waals surface area contributed by atoms with E-state index in [1.807, 2.05) is 17.4 Å². The molecule has 0 fully saturated rings. The average molecular weight is 809 g/mol. The monoisotopic (exact) mass is 808 g/mol. The Balaban J connectivity index is 1.16. The Morgan fingerprint density at radius 1 is 0.403 bits per heavy atom. The van der Waals surface area contributed by atoms with E-state index in [0.29, 0.717) is 0 Å². The summed E-state index contributed by atoms with van der Waals surface area (Å²) in [6, 6.07) is 79.3. The van der Waals surface area contributed by atoms with Crippen molar-refractivity contribution in [3.05, 3.63) is 218 Å². The third-order valence-corrected chi connectivity index (χ3v) is 13.8. The zero-order valence-electron chi connectivity index (χ0n) is 33.5. The number of rotatable bonds is 6. The highest BCUT2D eigenvalue weighted by molar-refractivity contribution is 7.26. The topological polar surface area (TPSA) is 21.3 Å². The Bertz CT molecular complexity index is 3850. The summed E-state index contributed by atoms with van der Waals surface area (Å²) in [5, 5.41) is 9.61. The molecule has 0 unspecified atom stereocenters. The third kappa shape index (κ3) is 5.24. The zero-order valence-corrected chi connectivity index (χ0v) is 34.3. The maximum atomic E-state index is 6.73. The van der Waals surface area contributed by atoms with Gasteiger partial charge in [0.25, 0.3) is 0 Å². The van der Waals surface area contributed by atoms with Crippen LogP contribution in [0.2, 0.25) is 0 Å². The van der Waals surface area contributed by atoms with Crippen LogP contribution in [-0.2, 0) is 0 Å². The van der Waals surface area contributed by atoms with Crippen LogP contribution in [0.5, 0.6) is 0 Å². The minimum absolute atomic E-state index is 0.886. The van der Waals surface area contributed by atoms with Crippen molar-refractivity contribution < 1.29 is 4.42 Å². The van der Waals surface area contributed by atoms with E-state index in [-0.39, 0.29) is 0 Å². The maximum absolute atomic E-state index is 6.73. The molecule has 0 amide bonds. The van der Waals surface area contributed by atoms with Crippen LogP contribution in [0.15, 0.2) is 223 Å². The number of benzene rings is 10. The van der Waals surface area contributed by atoms with Gasteiger partial charge < -0.3 is 13.9 Å². The molecule has 0 radical (unpaired) electrons. The predicted octanol–water partition coefficient (Wildman–Crippen LogP) is 17.0. The second-order valence-electron chi connectivity index (χ2n) is 16.0. The molecule has 290 valence electrons. The summed E-state index contributed by atoms with van der Waals surface area (Å²) in [4.78, 5) is 2.49. The van der Waals surface area contributed by atoms with Crippen LogP contribution >= 0.6 is 11.3 Å². The van der Waals surface area contributed by atoms with Crippen LogP contribution in [0.3, 0.4) is 0 Å². The normalized spacial score (nSPS) is 11.9. The summed E-state index contributed by atoms with van der Waals surface area (Å²) in [6.45, 7) is 0. The number of anilines is 3. The number of fused-ring (bicyclic) bond motifs is 10. The standard InChI is InChI=1S/C58H36N2OS/c1-2-17-38-36-39(33-32-37(38)16-1)59(49-26-9-5-20-42(49)45-24-15-25-46-43-21-7-13-30-54(43)61-57(45)46)53-35-34-47-44-22-8-14-31-55(44)62-58(47)56(53)48-23-6-12-29-52(48)60-50-27-10-3-18-40(50)41-19-4-11-28-51(41)60/h1-36H. The third-order valence-electron chi connectivity index (χ3n) is 12.6. The summed E-state index contributed by atoms with van der Waals surface area (Å²) >= 11 is 1.87. The molecule has 0 aliphatic carbocycles. The fourth-order valence-electron chi connectivity index (χ4n) is 9.87. The number of nitrogens with zero attached hydrogens (tertiary/aromatic N) is 2. The summed E-state index contributed by atoms with van der Waals surface area (Å²) in [5.41, 5.74) is 13.0. The lowest BCUT2D eigenvalue weighted by Gasteiger charge is -2.31. The SMILES string of the molecule is c1ccc(N(c2ccc3ccccc3c2)c2ccc3c(sc4ccccc43)c2-c2ccccc2-n2c3ccccc3c3ccccc32)c(-c2cccc3c2oc2ccccc23)c1. The van der Waals surface area contributed by atoms with E-state index in [9.17, 15) is 0 Å². The molecule has 0 saturated heterocycles. The Morgan fingerprint density at radius 2 is 1.03 bits per heavy atom. The van der Waals surface area contributed by atoms with Gasteiger partial charge in [0.05, 0.1) is 28.1 Å². The van der Waals surface area contributed by atoms with Crippen molar-refractivity contribution in [3.63, 3.8) is 0 Å². The highest BCUT2D eigenvalue weighted by atomic mass is 32.1. The van der Waals surface area contributed by atoms with E-state index < -0.39 is 0 Å². The van der Waals surface area contributed by atoms with Crippen LogP contribution in [0.1, 0.15) is 0 Å². The highest BCUT2D eigenvalue weighted by Crippen LogP contribution is 2.52. The number of hydrogen-bond acceptors (Lipinski definition) is 3. The molecule has 0 bridgehead atoms. The predicted molar refractivity (Wildman–Crippen MR) is 264 cm³/mol. The Kier molecular flexibility index (Phi) is 7.78. The van der Waals surface area contributed by atoms with Crippen molar-refractivity contribution in [3.8, 4) is 27.9 Å². The smallest absolute Gasteiger partial charge is 0.143 e. The maximum Gasteiger partial charge on any atom is 0.143 e. The van der Waals surface area contributed by atoms with Crippen LogP contribution in [0.25, 0.3) is 103 Å². The molecule has 13 aromatic rings. The van der Waals surface area contributed by atoms with E-state index >= 15 is 0 Å². The van der Waals surface area contributed by atoms with Gasteiger partial charge in [-0.25, -0.2) is 0 Å². The van der Waals surface area contributed by atoms with Gasteiger partial charge >= 0.3 is 0 Å². The van der Waals surface area contributed by atoms with Gasteiger partial charge in [-0.15, -0.1) is 11.3 Å². The van der Waals surface area contributed by atoms with E-state index in [0.717, 1.165) is 61.4 Å². The molecule has 3 aromatic heterocycles. The molecule has 0 aliphatic heterocycles. The van der Waals surface area contributed by atoms with Crippen LogP contribution < -0.4 is 4.90 Å². The van der Waals surface area contributed by atoms with Gasteiger partial charge in [-0.3, -0.25) is 0 Å². The summed E-state index contributed by atoms with van der Waals surface area (Å²) in [5.74, 6) is 0. The minimum atomic E-state index is 0.886. The fraction of sp³-hybridized carbons (Fsp3) is 0. The number of furan rings is 1. The van der Waals surface area contributed by atoms with Crippen LogP contribution in [-0.4, -0.2) is 4.57 Å². The molecule has 10 aromatic carbocycles. The average Bonchev–Trinajstić information content (AvgIpc) is 4.02. The molecule has 0 atom stereocenters. The Hall–Kier alpha value is -7.92. The Labute approximate surface area is 361 Å². The van der Waals surface area contributed by atoms with Gasteiger partial charge in [0.2, 0.25) is 0 Å². The molecule has 3 nitrogen and oxygen atoms in total. The van der Waals surface area contributed by atoms with Gasteiger partial charge in [0.1, 0.15) is 11.2 Å². The molecule has 13 rings (SSSR count). The number of para-hydroxylation sites is 6. The van der Waals surface area contributed by atoms with Crippen molar-refractivity contribution in [2.24, 2.45) is 0 Å². The summed E-state index contributed by atoms with van der Waals surface area (Å²) in [6.07, 6.45) is 0. The molecule has 3 heterocycles. The summed E-state index contributed by atoms with van der Waals surface area (Å²) < 4.78 is 11.7. The first-order valence-corrected chi connectivity index (χ1v) is 21.9. The molecular weight excluding hydrogens is 773 g/mol. The molecule has 0 spiro atoms. The van der Waals surface area contributed by atoms with Gasteiger partial charge in [0, 0.05) is 69.7 Å². The molecular formula is C58H36N2OS. The number of hydrogen-bond donors (Lipinski definition) is 0.